The zero-order valence-electron chi connectivity index (χ0n) is 8.91. The fourth-order valence-corrected chi connectivity index (χ4v) is 1.47. The Morgan fingerprint density at radius 2 is 2.29 bits per heavy atom. The van der Waals surface area contributed by atoms with E-state index >= 15 is 0 Å². The van der Waals surface area contributed by atoms with Crippen LogP contribution in [-0.2, 0) is 14.3 Å². The Kier molecular flexibility index (Phi) is 4.14. The van der Waals surface area contributed by atoms with Gasteiger partial charge in [-0.1, -0.05) is 13.0 Å². The molecule has 3 heteroatoms. The van der Waals surface area contributed by atoms with Crippen LogP contribution in [0.25, 0.3) is 0 Å². The van der Waals surface area contributed by atoms with E-state index < -0.39 is 0 Å². The van der Waals surface area contributed by atoms with Gasteiger partial charge in [0.25, 0.3) is 0 Å². The molecule has 14 heavy (non-hydrogen) atoms. The van der Waals surface area contributed by atoms with Crippen molar-refractivity contribution in [3.63, 3.8) is 0 Å². The number of ether oxygens (including phenoxy) is 2. The molecule has 3 nitrogen and oxygen atoms in total. The first-order chi connectivity index (χ1) is 6.72. The summed E-state index contributed by atoms with van der Waals surface area (Å²) in [5, 5.41) is 0. The molecule has 0 N–H and O–H groups in total. The summed E-state index contributed by atoms with van der Waals surface area (Å²) in [4.78, 5) is 11.0. The second kappa shape index (κ2) is 5.15. The molecule has 0 aromatic heterocycles. The number of carbonyl (C=O) groups is 1. The molecule has 0 bridgehead atoms. The molecule has 0 aromatic carbocycles. The van der Waals surface area contributed by atoms with Crippen LogP contribution in [0.15, 0.2) is 12.2 Å². The minimum atomic E-state index is -0.251. The third-order valence-electron chi connectivity index (χ3n) is 2.75. The first-order valence-electron chi connectivity index (χ1n) is 5.09. The zero-order chi connectivity index (χ0) is 10.4. The van der Waals surface area contributed by atoms with Crippen molar-refractivity contribution in [3.05, 3.63) is 12.2 Å². The Morgan fingerprint density at radius 1 is 1.57 bits per heavy atom. The average molecular weight is 198 g/mol. The van der Waals surface area contributed by atoms with Crippen molar-refractivity contribution in [2.24, 2.45) is 5.41 Å². The van der Waals surface area contributed by atoms with Crippen LogP contribution < -0.4 is 0 Å². The molecular formula is C11H18O3. The van der Waals surface area contributed by atoms with E-state index in [9.17, 15) is 4.79 Å². The molecule has 0 unspecified atom stereocenters. The van der Waals surface area contributed by atoms with E-state index in [2.05, 4.69) is 6.92 Å². The molecule has 1 aliphatic rings. The van der Waals surface area contributed by atoms with Gasteiger partial charge in [-0.15, -0.1) is 0 Å². The van der Waals surface area contributed by atoms with Gasteiger partial charge in [0.1, 0.15) is 0 Å². The van der Waals surface area contributed by atoms with Gasteiger partial charge < -0.3 is 9.47 Å². The zero-order valence-corrected chi connectivity index (χ0v) is 8.91. The minimum Gasteiger partial charge on any atom is -0.463 e. The standard InChI is InChI=1S/C11H18O3/c1-3-5-10(12)14-7-6-11(4-2)8-13-9-11/h3,5H,4,6-9H2,1-2H3. The molecule has 0 amide bonds. The van der Waals surface area contributed by atoms with E-state index in [1.807, 2.05) is 0 Å². The topological polar surface area (TPSA) is 35.5 Å². The lowest BCUT2D eigenvalue weighted by molar-refractivity contribution is -0.147. The summed E-state index contributed by atoms with van der Waals surface area (Å²) in [7, 11) is 0. The van der Waals surface area contributed by atoms with Gasteiger partial charge in [-0.25, -0.2) is 4.79 Å². The van der Waals surface area contributed by atoms with Gasteiger partial charge in [-0.3, -0.25) is 0 Å². The van der Waals surface area contributed by atoms with Crippen LogP contribution >= 0.6 is 0 Å². The van der Waals surface area contributed by atoms with Crippen molar-refractivity contribution in [1.82, 2.24) is 0 Å². The quantitative estimate of drug-likeness (QED) is 0.500. The summed E-state index contributed by atoms with van der Waals surface area (Å²) in [6, 6.07) is 0. The highest BCUT2D eigenvalue weighted by Gasteiger charge is 2.36. The van der Waals surface area contributed by atoms with Crippen LogP contribution in [0.1, 0.15) is 26.7 Å². The van der Waals surface area contributed by atoms with E-state index in [-0.39, 0.29) is 11.4 Å². The van der Waals surface area contributed by atoms with Gasteiger partial charge >= 0.3 is 5.97 Å². The second-order valence-electron chi connectivity index (χ2n) is 3.76. The number of hydrogen-bond acceptors (Lipinski definition) is 3. The first-order valence-corrected chi connectivity index (χ1v) is 5.09. The summed E-state index contributed by atoms with van der Waals surface area (Å²) in [6.45, 7) is 6.07. The Hall–Kier alpha value is -0.830. The van der Waals surface area contributed by atoms with Gasteiger partial charge in [0, 0.05) is 11.5 Å². The summed E-state index contributed by atoms with van der Waals surface area (Å²) in [5.41, 5.74) is 0.274. The lowest BCUT2D eigenvalue weighted by Crippen LogP contribution is -2.42. The van der Waals surface area contributed by atoms with Crippen LogP contribution in [0.2, 0.25) is 0 Å². The summed E-state index contributed by atoms with van der Waals surface area (Å²) < 4.78 is 10.2. The molecule has 1 rings (SSSR count). The molecule has 1 saturated heterocycles. The molecule has 1 heterocycles. The van der Waals surface area contributed by atoms with Crippen LogP contribution in [0.5, 0.6) is 0 Å². The van der Waals surface area contributed by atoms with E-state index in [1.54, 1.807) is 13.0 Å². The van der Waals surface area contributed by atoms with Gasteiger partial charge in [0.05, 0.1) is 19.8 Å². The molecule has 80 valence electrons. The Balaban J connectivity index is 2.17. The highest BCUT2D eigenvalue weighted by Crippen LogP contribution is 2.34. The van der Waals surface area contributed by atoms with Crippen molar-refractivity contribution in [1.29, 1.82) is 0 Å². The molecule has 0 spiro atoms. The normalized spacial score (nSPS) is 19.3. The third kappa shape index (κ3) is 2.84. The predicted octanol–water partition coefficient (Wildman–Crippen LogP) is 1.92. The van der Waals surface area contributed by atoms with E-state index in [0.29, 0.717) is 6.61 Å². The predicted molar refractivity (Wildman–Crippen MR) is 53.9 cm³/mol. The fourth-order valence-electron chi connectivity index (χ4n) is 1.47. The van der Waals surface area contributed by atoms with Gasteiger partial charge in [0.15, 0.2) is 0 Å². The molecular weight excluding hydrogens is 180 g/mol. The summed E-state index contributed by atoms with van der Waals surface area (Å²) >= 11 is 0. The highest BCUT2D eigenvalue weighted by molar-refractivity contribution is 5.81. The maximum atomic E-state index is 11.0. The van der Waals surface area contributed by atoms with Crippen LogP contribution in [0.3, 0.4) is 0 Å². The van der Waals surface area contributed by atoms with Crippen molar-refractivity contribution in [2.75, 3.05) is 19.8 Å². The number of esters is 1. The molecule has 0 atom stereocenters. The van der Waals surface area contributed by atoms with E-state index in [4.69, 9.17) is 9.47 Å². The van der Waals surface area contributed by atoms with Crippen molar-refractivity contribution in [3.8, 4) is 0 Å². The lowest BCUT2D eigenvalue weighted by atomic mass is 9.80. The third-order valence-corrected chi connectivity index (χ3v) is 2.75. The smallest absolute Gasteiger partial charge is 0.330 e. The first kappa shape index (κ1) is 11.2. The highest BCUT2D eigenvalue weighted by atomic mass is 16.5. The average Bonchev–Trinajstić information content (AvgIpc) is 2.10. The molecule has 0 aliphatic carbocycles. The maximum Gasteiger partial charge on any atom is 0.330 e. The number of carbonyl (C=O) groups excluding carboxylic acids is 1. The van der Waals surface area contributed by atoms with Gasteiger partial charge in [-0.05, 0) is 19.8 Å². The molecule has 1 aliphatic heterocycles. The van der Waals surface area contributed by atoms with Gasteiger partial charge in [0.2, 0.25) is 0 Å². The Labute approximate surface area is 85.1 Å². The monoisotopic (exact) mass is 198 g/mol. The fraction of sp³-hybridized carbons (Fsp3) is 0.727. The summed E-state index contributed by atoms with van der Waals surface area (Å²) in [5.74, 6) is -0.251. The SMILES string of the molecule is CC=CC(=O)OCCC1(CC)COC1. The lowest BCUT2D eigenvalue weighted by Gasteiger charge is -2.40. The largest absolute Gasteiger partial charge is 0.463 e. The Bertz CT molecular complexity index is 211. The molecule has 0 radical (unpaired) electrons. The van der Waals surface area contributed by atoms with E-state index in [1.165, 1.54) is 6.08 Å². The van der Waals surface area contributed by atoms with E-state index in [0.717, 1.165) is 26.1 Å². The Morgan fingerprint density at radius 3 is 2.71 bits per heavy atom. The van der Waals surface area contributed by atoms with Crippen LogP contribution in [0, 0.1) is 5.41 Å². The number of hydrogen-bond donors (Lipinski definition) is 0. The molecule has 1 fully saturated rings. The minimum absolute atomic E-state index is 0.251. The van der Waals surface area contributed by atoms with Crippen LogP contribution in [0.4, 0.5) is 0 Å². The molecule has 0 saturated carbocycles. The maximum absolute atomic E-state index is 11.0. The second-order valence-corrected chi connectivity index (χ2v) is 3.76. The summed E-state index contributed by atoms with van der Waals surface area (Å²) in [6.07, 6.45) is 5.13. The van der Waals surface area contributed by atoms with Crippen molar-refractivity contribution >= 4 is 5.97 Å². The van der Waals surface area contributed by atoms with Crippen molar-refractivity contribution in [2.45, 2.75) is 26.7 Å². The molecule has 0 aromatic rings. The van der Waals surface area contributed by atoms with Crippen LogP contribution in [-0.4, -0.2) is 25.8 Å². The number of allylic oxidation sites excluding steroid dienone is 1. The van der Waals surface area contributed by atoms with Crippen molar-refractivity contribution < 1.29 is 14.3 Å². The van der Waals surface area contributed by atoms with Gasteiger partial charge in [-0.2, -0.15) is 0 Å². The number of rotatable bonds is 5.